The third kappa shape index (κ3) is 2.74. The predicted molar refractivity (Wildman–Crippen MR) is 68.6 cm³/mol. The van der Waals surface area contributed by atoms with E-state index >= 15 is 0 Å². The van der Waals surface area contributed by atoms with E-state index in [0.717, 1.165) is 6.42 Å². The van der Waals surface area contributed by atoms with Crippen molar-refractivity contribution in [3.63, 3.8) is 0 Å². The second-order valence-corrected chi connectivity index (χ2v) is 4.58. The minimum Gasteiger partial charge on any atom is -0.366 e. The van der Waals surface area contributed by atoms with Gasteiger partial charge in [0.2, 0.25) is 0 Å². The van der Waals surface area contributed by atoms with Gasteiger partial charge in [0.05, 0.1) is 0 Å². The summed E-state index contributed by atoms with van der Waals surface area (Å²) in [4.78, 5) is 2.48. The highest BCUT2D eigenvalue weighted by Crippen LogP contribution is 2.24. The molecule has 0 aliphatic heterocycles. The van der Waals surface area contributed by atoms with Gasteiger partial charge in [-0.2, -0.15) is 0 Å². The van der Waals surface area contributed by atoms with Gasteiger partial charge in [0.1, 0.15) is 0 Å². The lowest BCUT2D eigenvalue weighted by Gasteiger charge is -2.34. The molecule has 0 radical (unpaired) electrons. The van der Waals surface area contributed by atoms with E-state index in [9.17, 15) is 0 Å². The van der Waals surface area contributed by atoms with Crippen LogP contribution < -0.4 is 4.90 Å². The molecule has 15 heavy (non-hydrogen) atoms. The molecule has 0 heterocycles. The molecule has 0 fully saturated rings. The zero-order valence-electron chi connectivity index (χ0n) is 10.6. The quantitative estimate of drug-likeness (QED) is 0.721. The molecule has 1 aromatic rings. The van der Waals surface area contributed by atoms with Crippen molar-refractivity contribution in [2.45, 2.75) is 53.1 Å². The summed E-state index contributed by atoms with van der Waals surface area (Å²) in [5, 5.41) is 0. The van der Waals surface area contributed by atoms with E-state index in [1.165, 1.54) is 11.3 Å². The second-order valence-electron chi connectivity index (χ2n) is 4.58. The third-order valence-corrected chi connectivity index (χ3v) is 2.76. The number of benzene rings is 1. The topological polar surface area (TPSA) is 3.24 Å². The fourth-order valence-electron chi connectivity index (χ4n) is 2.21. The normalized spacial score (nSPS) is 11.1. The maximum atomic E-state index is 2.48. The Morgan fingerprint density at radius 3 is 2.00 bits per heavy atom. The molecule has 1 rings (SSSR count). The molecule has 1 nitrogen and oxygen atoms in total. The number of rotatable bonds is 4. The fraction of sp³-hybridized carbons (Fsp3) is 0.571. The standard InChI is InChI=1S/C14H23N/c1-6-13-9-7-8-10-14(13)15(11(2)3)12(4)5/h7-12H,6H2,1-5H3. The van der Waals surface area contributed by atoms with Crippen molar-refractivity contribution in [1.82, 2.24) is 0 Å². The summed E-state index contributed by atoms with van der Waals surface area (Å²) in [5.41, 5.74) is 2.84. The summed E-state index contributed by atoms with van der Waals surface area (Å²) in [5.74, 6) is 0. The van der Waals surface area contributed by atoms with E-state index in [1.54, 1.807) is 0 Å². The Kier molecular flexibility index (Phi) is 4.19. The van der Waals surface area contributed by atoms with E-state index < -0.39 is 0 Å². The van der Waals surface area contributed by atoms with Crippen molar-refractivity contribution in [3.8, 4) is 0 Å². The maximum Gasteiger partial charge on any atom is 0.0403 e. The van der Waals surface area contributed by atoms with Crippen LogP contribution in [0.3, 0.4) is 0 Å². The lowest BCUT2D eigenvalue weighted by atomic mass is 10.1. The molecule has 0 atom stereocenters. The smallest absolute Gasteiger partial charge is 0.0403 e. The van der Waals surface area contributed by atoms with Crippen LogP contribution in [0.4, 0.5) is 5.69 Å². The maximum absolute atomic E-state index is 2.48. The molecule has 0 aliphatic carbocycles. The average molecular weight is 205 g/mol. The van der Waals surface area contributed by atoms with Gasteiger partial charge in [0, 0.05) is 17.8 Å². The number of aryl methyl sites for hydroxylation is 1. The zero-order valence-corrected chi connectivity index (χ0v) is 10.6. The first-order valence-corrected chi connectivity index (χ1v) is 5.94. The predicted octanol–water partition coefficient (Wildman–Crippen LogP) is 3.87. The summed E-state index contributed by atoms with van der Waals surface area (Å²) in [7, 11) is 0. The second kappa shape index (κ2) is 5.20. The van der Waals surface area contributed by atoms with E-state index in [4.69, 9.17) is 0 Å². The van der Waals surface area contributed by atoms with Gasteiger partial charge in [-0.25, -0.2) is 0 Å². The number of hydrogen-bond donors (Lipinski definition) is 0. The number of hydrogen-bond acceptors (Lipinski definition) is 1. The highest BCUT2D eigenvalue weighted by atomic mass is 15.2. The van der Waals surface area contributed by atoms with Gasteiger partial charge >= 0.3 is 0 Å². The Bertz CT molecular complexity index is 294. The first-order valence-electron chi connectivity index (χ1n) is 5.94. The van der Waals surface area contributed by atoms with Crippen LogP contribution in [0.5, 0.6) is 0 Å². The molecular weight excluding hydrogens is 182 g/mol. The summed E-state index contributed by atoms with van der Waals surface area (Å²) < 4.78 is 0. The van der Waals surface area contributed by atoms with Gasteiger partial charge in [-0.3, -0.25) is 0 Å². The lowest BCUT2D eigenvalue weighted by molar-refractivity contribution is 0.605. The van der Waals surface area contributed by atoms with Crippen LogP contribution in [0, 0.1) is 0 Å². The molecule has 0 bridgehead atoms. The molecule has 0 saturated heterocycles. The summed E-state index contributed by atoms with van der Waals surface area (Å²) in [6.45, 7) is 11.2. The van der Waals surface area contributed by atoms with Crippen LogP contribution in [-0.4, -0.2) is 12.1 Å². The largest absolute Gasteiger partial charge is 0.366 e. The SMILES string of the molecule is CCc1ccccc1N(C(C)C)C(C)C. The van der Waals surface area contributed by atoms with Gasteiger partial charge in [0.15, 0.2) is 0 Å². The minimum atomic E-state index is 0.553. The van der Waals surface area contributed by atoms with Gasteiger partial charge < -0.3 is 4.90 Å². The molecule has 0 N–H and O–H groups in total. The fourth-order valence-corrected chi connectivity index (χ4v) is 2.21. The molecule has 0 unspecified atom stereocenters. The molecule has 0 aliphatic rings. The first-order chi connectivity index (χ1) is 7.07. The molecule has 0 spiro atoms. The van der Waals surface area contributed by atoms with Crippen LogP contribution in [0.1, 0.15) is 40.2 Å². The highest BCUT2D eigenvalue weighted by molar-refractivity contribution is 5.54. The Balaban J connectivity index is 3.10. The zero-order chi connectivity index (χ0) is 11.4. The van der Waals surface area contributed by atoms with Crippen molar-refractivity contribution < 1.29 is 0 Å². The van der Waals surface area contributed by atoms with E-state index in [2.05, 4.69) is 63.8 Å². The number of nitrogens with zero attached hydrogens (tertiary/aromatic N) is 1. The Morgan fingerprint density at radius 1 is 1.00 bits per heavy atom. The van der Waals surface area contributed by atoms with Gasteiger partial charge in [-0.1, -0.05) is 25.1 Å². The minimum absolute atomic E-state index is 0.553. The van der Waals surface area contributed by atoms with Crippen molar-refractivity contribution in [1.29, 1.82) is 0 Å². The van der Waals surface area contributed by atoms with E-state index in [0.29, 0.717) is 12.1 Å². The van der Waals surface area contributed by atoms with Crippen LogP contribution in [0.2, 0.25) is 0 Å². The van der Waals surface area contributed by atoms with Gasteiger partial charge in [0.25, 0.3) is 0 Å². The molecule has 0 aromatic heterocycles. The van der Waals surface area contributed by atoms with Crippen LogP contribution >= 0.6 is 0 Å². The molecule has 0 saturated carbocycles. The Hall–Kier alpha value is -0.980. The molecule has 84 valence electrons. The number of para-hydroxylation sites is 1. The summed E-state index contributed by atoms with van der Waals surface area (Å²) in [6.07, 6.45) is 1.10. The molecular formula is C14H23N. The van der Waals surface area contributed by atoms with Crippen LogP contribution in [0.15, 0.2) is 24.3 Å². The van der Waals surface area contributed by atoms with Crippen molar-refractivity contribution in [2.24, 2.45) is 0 Å². The van der Waals surface area contributed by atoms with Crippen molar-refractivity contribution in [2.75, 3.05) is 4.90 Å². The Morgan fingerprint density at radius 2 is 1.53 bits per heavy atom. The van der Waals surface area contributed by atoms with E-state index in [1.807, 2.05) is 0 Å². The first kappa shape index (κ1) is 12.1. The van der Waals surface area contributed by atoms with Crippen LogP contribution in [-0.2, 0) is 6.42 Å². The third-order valence-electron chi connectivity index (χ3n) is 2.76. The monoisotopic (exact) mass is 205 g/mol. The average Bonchev–Trinajstić information content (AvgIpc) is 2.17. The summed E-state index contributed by atoms with van der Waals surface area (Å²) in [6, 6.07) is 9.83. The highest BCUT2D eigenvalue weighted by Gasteiger charge is 2.15. The Labute approximate surface area is 94.1 Å². The lowest BCUT2D eigenvalue weighted by Crippen LogP contribution is -2.37. The van der Waals surface area contributed by atoms with Crippen LogP contribution in [0.25, 0.3) is 0 Å². The number of anilines is 1. The molecule has 1 heteroatoms. The van der Waals surface area contributed by atoms with E-state index in [-0.39, 0.29) is 0 Å². The van der Waals surface area contributed by atoms with Gasteiger partial charge in [-0.05, 0) is 45.7 Å². The molecule has 1 aromatic carbocycles. The summed E-state index contributed by atoms with van der Waals surface area (Å²) >= 11 is 0. The van der Waals surface area contributed by atoms with Crippen molar-refractivity contribution >= 4 is 5.69 Å². The van der Waals surface area contributed by atoms with Crippen molar-refractivity contribution in [3.05, 3.63) is 29.8 Å². The molecule has 0 amide bonds. The van der Waals surface area contributed by atoms with Gasteiger partial charge in [-0.15, -0.1) is 0 Å².